The molecule has 0 amide bonds. The van der Waals surface area contributed by atoms with Gasteiger partial charge in [0.15, 0.2) is 5.58 Å². The van der Waals surface area contributed by atoms with Gasteiger partial charge in [-0.05, 0) is 36.5 Å². The summed E-state index contributed by atoms with van der Waals surface area (Å²) in [5, 5.41) is 10.1. The molecule has 2 rings (SSSR count). The Balaban J connectivity index is 2.39. The van der Waals surface area contributed by atoms with Gasteiger partial charge < -0.3 is 9.52 Å². The SMILES string of the molecule is CCCn1c(=O)oc2cc(C(O)CC(C)C)ccc21. The van der Waals surface area contributed by atoms with E-state index in [4.69, 9.17) is 4.42 Å². The Kier molecular flexibility index (Phi) is 4.10. The monoisotopic (exact) mass is 263 g/mol. The molecular formula is C15H21NO3. The highest BCUT2D eigenvalue weighted by Crippen LogP contribution is 2.24. The summed E-state index contributed by atoms with van der Waals surface area (Å²) in [5.74, 6) is 0.0924. The average Bonchev–Trinajstić information content (AvgIpc) is 2.65. The quantitative estimate of drug-likeness (QED) is 0.901. The number of oxazole rings is 1. The number of aliphatic hydroxyl groups excluding tert-OH is 1. The molecule has 0 aliphatic rings. The Bertz CT molecular complexity index is 609. The highest BCUT2D eigenvalue weighted by Gasteiger charge is 2.14. The van der Waals surface area contributed by atoms with Crippen molar-refractivity contribution in [2.45, 2.75) is 46.3 Å². The number of aliphatic hydroxyl groups is 1. The zero-order valence-electron chi connectivity index (χ0n) is 11.7. The van der Waals surface area contributed by atoms with Gasteiger partial charge in [0.25, 0.3) is 0 Å². The van der Waals surface area contributed by atoms with Gasteiger partial charge in [-0.3, -0.25) is 4.57 Å². The molecule has 0 saturated carbocycles. The molecule has 1 unspecified atom stereocenters. The lowest BCUT2D eigenvalue weighted by atomic mass is 9.99. The van der Waals surface area contributed by atoms with Crippen LogP contribution >= 0.6 is 0 Å². The Labute approximate surface area is 112 Å². The second-order valence-electron chi connectivity index (χ2n) is 5.39. The Morgan fingerprint density at radius 2 is 2.11 bits per heavy atom. The van der Waals surface area contributed by atoms with E-state index in [-0.39, 0.29) is 5.76 Å². The fraction of sp³-hybridized carbons (Fsp3) is 0.533. The molecule has 1 aromatic heterocycles. The molecular weight excluding hydrogens is 242 g/mol. The van der Waals surface area contributed by atoms with Crippen molar-refractivity contribution in [3.8, 4) is 0 Å². The molecule has 0 aliphatic carbocycles. The molecule has 1 atom stereocenters. The first-order chi connectivity index (χ1) is 9.02. The molecule has 0 saturated heterocycles. The number of benzene rings is 1. The number of aryl methyl sites for hydroxylation is 1. The summed E-state index contributed by atoms with van der Waals surface area (Å²) in [6.45, 7) is 6.81. The number of nitrogens with zero attached hydrogens (tertiary/aromatic N) is 1. The number of hydrogen-bond donors (Lipinski definition) is 1. The largest absolute Gasteiger partial charge is 0.419 e. The molecule has 1 aromatic carbocycles. The van der Waals surface area contributed by atoms with E-state index in [0.717, 1.165) is 17.5 Å². The van der Waals surface area contributed by atoms with Crippen LogP contribution in [0.15, 0.2) is 27.4 Å². The van der Waals surface area contributed by atoms with Gasteiger partial charge in [0, 0.05) is 6.54 Å². The van der Waals surface area contributed by atoms with Crippen molar-refractivity contribution >= 4 is 11.1 Å². The van der Waals surface area contributed by atoms with Crippen LogP contribution in [0.25, 0.3) is 11.1 Å². The van der Waals surface area contributed by atoms with Crippen LogP contribution in [0.5, 0.6) is 0 Å². The molecule has 0 fully saturated rings. The van der Waals surface area contributed by atoms with Crippen molar-refractivity contribution in [2.24, 2.45) is 5.92 Å². The minimum atomic E-state index is -0.510. The third-order valence-corrected chi connectivity index (χ3v) is 3.22. The molecule has 2 aromatic rings. The van der Waals surface area contributed by atoms with Crippen molar-refractivity contribution in [1.82, 2.24) is 4.57 Å². The maximum atomic E-state index is 11.7. The summed E-state index contributed by atoms with van der Waals surface area (Å²) in [4.78, 5) is 11.7. The second kappa shape index (κ2) is 5.61. The van der Waals surface area contributed by atoms with Crippen LogP contribution in [0, 0.1) is 5.92 Å². The molecule has 4 nitrogen and oxygen atoms in total. The Morgan fingerprint density at radius 3 is 2.74 bits per heavy atom. The van der Waals surface area contributed by atoms with Gasteiger partial charge in [0.1, 0.15) is 0 Å². The van der Waals surface area contributed by atoms with Crippen LogP contribution in [0.4, 0.5) is 0 Å². The van der Waals surface area contributed by atoms with E-state index in [9.17, 15) is 9.90 Å². The zero-order valence-corrected chi connectivity index (χ0v) is 11.7. The van der Waals surface area contributed by atoms with Crippen LogP contribution in [-0.2, 0) is 6.54 Å². The minimum Gasteiger partial charge on any atom is -0.408 e. The van der Waals surface area contributed by atoms with Gasteiger partial charge in [0.05, 0.1) is 11.6 Å². The minimum absolute atomic E-state index is 0.327. The van der Waals surface area contributed by atoms with Gasteiger partial charge >= 0.3 is 5.76 Å². The topological polar surface area (TPSA) is 55.4 Å². The van der Waals surface area contributed by atoms with Crippen LogP contribution in [0.2, 0.25) is 0 Å². The summed E-state index contributed by atoms with van der Waals surface area (Å²) in [5.41, 5.74) is 2.16. The first kappa shape index (κ1) is 13.9. The lowest BCUT2D eigenvalue weighted by molar-refractivity contribution is 0.151. The number of aromatic nitrogens is 1. The van der Waals surface area contributed by atoms with Crippen LogP contribution in [0.1, 0.15) is 45.3 Å². The van der Waals surface area contributed by atoms with Crippen molar-refractivity contribution < 1.29 is 9.52 Å². The standard InChI is InChI=1S/C15H21NO3/c1-4-7-16-12-6-5-11(13(17)8-10(2)3)9-14(12)19-15(16)18/h5-6,9-10,13,17H,4,7-8H2,1-3H3. The first-order valence-electron chi connectivity index (χ1n) is 6.84. The molecule has 0 spiro atoms. The van der Waals surface area contributed by atoms with Crippen LogP contribution in [0.3, 0.4) is 0 Å². The van der Waals surface area contributed by atoms with E-state index >= 15 is 0 Å². The lowest BCUT2D eigenvalue weighted by Gasteiger charge is -2.13. The maximum Gasteiger partial charge on any atom is 0.419 e. The van der Waals surface area contributed by atoms with Gasteiger partial charge in [-0.1, -0.05) is 26.8 Å². The van der Waals surface area contributed by atoms with Crippen molar-refractivity contribution in [3.05, 3.63) is 34.3 Å². The summed E-state index contributed by atoms with van der Waals surface area (Å²) in [6, 6.07) is 5.50. The first-order valence-corrected chi connectivity index (χ1v) is 6.84. The predicted molar refractivity (Wildman–Crippen MR) is 75.2 cm³/mol. The molecule has 0 bridgehead atoms. The second-order valence-corrected chi connectivity index (χ2v) is 5.39. The van der Waals surface area contributed by atoms with E-state index in [0.29, 0.717) is 24.5 Å². The molecule has 4 heteroatoms. The summed E-state index contributed by atoms with van der Waals surface area (Å²) < 4.78 is 6.88. The highest BCUT2D eigenvalue weighted by molar-refractivity contribution is 5.73. The van der Waals surface area contributed by atoms with E-state index in [2.05, 4.69) is 13.8 Å². The Morgan fingerprint density at radius 1 is 1.37 bits per heavy atom. The number of rotatable bonds is 5. The van der Waals surface area contributed by atoms with E-state index in [1.807, 2.05) is 19.1 Å². The molecule has 1 heterocycles. The van der Waals surface area contributed by atoms with Crippen LogP contribution in [-0.4, -0.2) is 9.67 Å². The fourth-order valence-corrected chi connectivity index (χ4v) is 2.31. The molecule has 1 N–H and O–H groups in total. The highest BCUT2D eigenvalue weighted by atomic mass is 16.4. The summed E-state index contributed by atoms with van der Waals surface area (Å²) in [6.07, 6.45) is 1.07. The molecule has 0 radical (unpaired) electrons. The maximum absolute atomic E-state index is 11.7. The smallest absolute Gasteiger partial charge is 0.408 e. The van der Waals surface area contributed by atoms with Gasteiger partial charge in [0.2, 0.25) is 0 Å². The lowest BCUT2D eigenvalue weighted by Crippen LogP contribution is -2.13. The molecule has 104 valence electrons. The molecule has 19 heavy (non-hydrogen) atoms. The van der Waals surface area contributed by atoms with Crippen molar-refractivity contribution in [2.75, 3.05) is 0 Å². The summed E-state index contributed by atoms with van der Waals surface area (Å²) >= 11 is 0. The van der Waals surface area contributed by atoms with Crippen LogP contribution < -0.4 is 5.76 Å². The third kappa shape index (κ3) is 2.89. The average molecular weight is 263 g/mol. The zero-order chi connectivity index (χ0) is 14.0. The van der Waals surface area contributed by atoms with E-state index < -0.39 is 6.10 Å². The van der Waals surface area contributed by atoms with E-state index in [1.54, 1.807) is 10.6 Å². The Hall–Kier alpha value is -1.55. The third-order valence-electron chi connectivity index (χ3n) is 3.22. The number of hydrogen-bond acceptors (Lipinski definition) is 3. The van der Waals surface area contributed by atoms with Crippen molar-refractivity contribution in [1.29, 1.82) is 0 Å². The van der Waals surface area contributed by atoms with Crippen molar-refractivity contribution in [3.63, 3.8) is 0 Å². The van der Waals surface area contributed by atoms with E-state index in [1.165, 1.54) is 0 Å². The fourth-order valence-electron chi connectivity index (χ4n) is 2.31. The van der Waals surface area contributed by atoms with Gasteiger partial charge in [-0.25, -0.2) is 4.79 Å². The predicted octanol–water partition coefficient (Wildman–Crippen LogP) is 3.08. The molecule has 0 aliphatic heterocycles. The number of fused-ring (bicyclic) bond motifs is 1. The van der Waals surface area contributed by atoms with Gasteiger partial charge in [-0.2, -0.15) is 0 Å². The normalized spacial score (nSPS) is 13.3. The summed E-state index contributed by atoms with van der Waals surface area (Å²) in [7, 11) is 0. The van der Waals surface area contributed by atoms with Gasteiger partial charge in [-0.15, -0.1) is 0 Å².